The van der Waals surface area contributed by atoms with Gasteiger partial charge in [-0.25, -0.2) is 0 Å². The number of amides is 1. The van der Waals surface area contributed by atoms with Crippen molar-refractivity contribution in [3.05, 3.63) is 0 Å². The molecule has 2 saturated heterocycles. The molecule has 2 aliphatic heterocycles. The molecule has 2 aliphatic rings. The first kappa shape index (κ1) is 14.3. The molecule has 0 radical (unpaired) electrons. The summed E-state index contributed by atoms with van der Waals surface area (Å²) in [7, 11) is 0. The van der Waals surface area contributed by atoms with E-state index in [-0.39, 0.29) is 17.9 Å². The first-order chi connectivity index (χ1) is 9.08. The number of hydrogen-bond acceptors (Lipinski definition) is 3. The number of carbonyl (C=O) groups is 2. The van der Waals surface area contributed by atoms with Gasteiger partial charge in [0.25, 0.3) is 0 Å². The van der Waals surface area contributed by atoms with Crippen molar-refractivity contribution < 1.29 is 19.4 Å². The van der Waals surface area contributed by atoms with Crippen LogP contribution in [0.5, 0.6) is 0 Å². The number of nitrogens with zero attached hydrogens (tertiary/aromatic N) is 1. The summed E-state index contributed by atoms with van der Waals surface area (Å²) in [5, 5.41) is 9.06. The van der Waals surface area contributed by atoms with E-state index in [0.717, 1.165) is 25.9 Å². The maximum absolute atomic E-state index is 12.1. The molecule has 0 saturated carbocycles. The first-order valence-corrected chi connectivity index (χ1v) is 7.20. The summed E-state index contributed by atoms with van der Waals surface area (Å²) < 4.78 is 5.61. The Morgan fingerprint density at radius 1 is 1.32 bits per heavy atom. The van der Waals surface area contributed by atoms with Gasteiger partial charge in [-0.2, -0.15) is 0 Å². The van der Waals surface area contributed by atoms with Crippen LogP contribution in [0.1, 0.15) is 39.0 Å². The Morgan fingerprint density at radius 2 is 2.11 bits per heavy atom. The van der Waals surface area contributed by atoms with Crippen LogP contribution in [0, 0.1) is 11.8 Å². The standard InChI is InChI=1S/C14H23NO4/c1-10-8-15(9-12(10)14(17)18)13(16)6-5-11-4-2-3-7-19-11/h10-12H,2-9H2,1H3,(H,17,18). The van der Waals surface area contributed by atoms with Gasteiger partial charge in [-0.05, 0) is 31.6 Å². The molecule has 3 unspecified atom stereocenters. The van der Waals surface area contributed by atoms with Crippen LogP contribution in [0.25, 0.3) is 0 Å². The topological polar surface area (TPSA) is 66.8 Å². The summed E-state index contributed by atoms with van der Waals surface area (Å²) >= 11 is 0. The van der Waals surface area contributed by atoms with Gasteiger partial charge in [0.05, 0.1) is 12.0 Å². The number of carboxylic acids is 1. The molecule has 0 bridgehead atoms. The molecule has 0 aromatic heterocycles. The van der Waals surface area contributed by atoms with Crippen molar-refractivity contribution in [3.63, 3.8) is 0 Å². The fourth-order valence-corrected chi connectivity index (χ4v) is 2.97. The molecular weight excluding hydrogens is 246 g/mol. The number of carbonyl (C=O) groups excluding carboxylic acids is 1. The number of hydrogen-bond donors (Lipinski definition) is 1. The van der Waals surface area contributed by atoms with Crippen molar-refractivity contribution in [2.75, 3.05) is 19.7 Å². The predicted octanol–water partition coefficient (Wildman–Crippen LogP) is 1.51. The van der Waals surface area contributed by atoms with Gasteiger partial charge in [-0.15, -0.1) is 0 Å². The van der Waals surface area contributed by atoms with Crippen LogP contribution in [0.3, 0.4) is 0 Å². The highest BCUT2D eigenvalue weighted by Crippen LogP contribution is 2.25. The Morgan fingerprint density at radius 3 is 2.68 bits per heavy atom. The normalized spacial score (nSPS) is 31.4. The summed E-state index contributed by atoms with van der Waals surface area (Å²) in [6, 6.07) is 0. The third-order valence-corrected chi connectivity index (χ3v) is 4.24. The molecule has 0 aromatic carbocycles. The lowest BCUT2D eigenvalue weighted by Crippen LogP contribution is -2.31. The summed E-state index contributed by atoms with van der Waals surface area (Å²) in [5.41, 5.74) is 0. The van der Waals surface area contributed by atoms with Crippen molar-refractivity contribution in [1.29, 1.82) is 0 Å². The molecular formula is C14H23NO4. The highest BCUT2D eigenvalue weighted by Gasteiger charge is 2.36. The van der Waals surface area contributed by atoms with Crippen LogP contribution < -0.4 is 0 Å². The molecule has 1 N–H and O–H groups in total. The third kappa shape index (κ3) is 3.69. The molecule has 0 aliphatic carbocycles. The van der Waals surface area contributed by atoms with Crippen molar-refractivity contribution in [2.24, 2.45) is 11.8 Å². The quantitative estimate of drug-likeness (QED) is 0.840. The highest BCUT2D eigenvalue weighted by molar-refractivity contribution is 5.79. The molecule has 19 heavy (non-hydrogen) atoms. The van der Waals surface area contributed by atoms with E-state index >= 15 is 0 Å². The maximum Gasteiger partial charge on any atom is 0.308 e. The smallest absolute Gasteiger partial charge is 0.308 e. The number of likely N-dealkylation sites (tertiary alicyclic amines) is 1. The summed E-state index contributed by atoms with van der Waals surface area (Å²) in [6.45, 7) is 3.64. The van der Waals surface area contributed by atoms with Crippen LogP contribution >= 0.6 is 0 Å². The van der Waals surface area contributed by atoms with Crippen LogP contribution in [0.15, 0.2) is 0 Å². The van der Waals surface area contributed by atoms with Crippen LogP contribution in [-0.2, 0) is 14.3 Å². The van der Waals surface area contributed by atoms with Crippen LogP contribution in [0.2, 0.25) is 0 Å². The van der Waals surface area contributed by atoms with Gasteiger partial charge >= 0.3 is 5.97 Å². The van der Waals surface area contributed by atoms with Gasteiger partial charge in [0.2, 0.25) is 5.91 Å². The van der Waals surface area contributed by atoms with E-state index in [0.29, 0.717) is 19.5 Å². The zero-order valence-corrected chi connectivity index (χ0v) is 11.5. The Kier molecular flexibility index (Phi) is 4.80. The largest absolute Gasteiger partial charge is 0.481 e. The summed E-state index contributed by atoms with van der Waals surface area (Å²) in [4.78, 5) is 24.8. The number of aliphatic carboxylic acids is 1. The Hall–Kier alpha value is -1.10. The lowest BCUT2D eigenvalue weighted by atomic mass is 9.99. The van der Waals surface area contributed by atoms with E-state index in [9.17, 15) is 9.59 Å². The van der Waals surface area contributed by atoms with Gasteiger partial charge in [0.15, 0.2) is 0 Å². The van der Waals surface area contributed by atoms with E-state index in [2.05, 4.69) is 0 Å². The second-order valence-corrected chi connectivity index (χ2v) is 5.75. The predicted molar refractivity (Wildman–Crippen MR) is 69.7 cm³/mol. The number of rotatable bonds is 4. The second kappa shape index (κ2) is 6.37. The molecule has 2 heterocycles. The minimum Gasteiger partial charge on any atom is -0.481 e. The average molecular weight is 269 g/mol. The Bertz CT molecular complexity index is 338. The van der Waals surface area contributed by atoms with Gasteiger partial charge in [-0.3, -0.25) is 9.59 Å². The molecule has 5 heteroatoms. The Balaban J connectivity index is 1.76. The monoisotopic (exact) mass is 269 g/mol. The average Bonchev–Trinajstić information content (AvgIpc) is 2.79. The first-order valence-electron chi connectivity index (χ1n) is 7.20. The SMILES string of the molecule is CC1CN(C(=O)CCC2CCCCO2)CC1C(=O)O. The zero-order valence-electron chi connectivity index (χ0n) is 11.5. The van der Waals surface area contributed by atoms with Crippen molar-refractivity contribution in [3.8, 4) is 0 Å². The third-order valence-electron chi connectivity index (χ3n) is 4.24. The lowest BCUT2D eigenvalue weighted by molar-refractivity contribution is -0.142. The lowest BCUT2D eigenvalue weighted by Gasteiger charge is -2.23. The molecule has 108 valence electrons. The van der Waals surface area contributed by atoms with E-state index in [4.69, 9.17) is 9.84 Å². The van der Waals surface area contributed by atoms with Crippen molar-refractivity contribution in [2.45, 2.75) is 45.1 Å². The van der Waals surface area contributed by atoms with E-state index in [1.165, 1.54) is 6.42 Å². The molecule has 3 atom stereocenters. The van der Waals surface area contributed by atoms with Gasteiger partial charge < -0.3 is 14.7 Å². The molecule has 2 fully saturated rings. The minimum atomic E-state index is -0.793. The fourth-order valence-electron chi connectivity index (χ4n) is 2.97. The summed E-state index contributed by atoms with van der Waals surface area (Å²) in [5.74, 6) is -1.08. The van der Waals surface area contributed by atoms with Gasteiger partial charge in [0, 0.05) is 26.1 Å². The molecule has 0 spiro atoms. The Labute approximate surface area is 113 Å². The van der Waals surface area contributed by atoms with Gasteiger partial charge in [0.1, 0.15) is 0 Å². The molecule has 5 nitrogen and oxygen atoms in total. The van der Waals surface area contributed by atoms with E-state index < -0.39 is 11.9 Å². The maximum atomic E-state index is 12.1. The molecule has 2 rings (SSSR count). The van der Waals surface area contributed by atoms with Crippen LogP contribution in [-0.4, -0.2) is 47.7 Å². The van der Waals surface area contributed by atoms with Crippen molar-refractivity contribution >= 4 is 11.9 Å². The minimum absolute atomic E-state index is 0.0485. The molecule has 1 amide bonds. The number of ether oxygens (including phenoxy) is 1. The highest BCUT2D eigenvalue weighted by atomic mass is 16.5. The number of carboxylic acid groups (broad SMARTS) is 1. The van der Waals surface area contributed by atoms with Crippen molar-refractivity contribution in [1.82, 2.24) is 4.90 Å². The van der Waals surface area contributed by atoms with Gasteiger partial charge in [-0.1, -0.05) is 6.92 Å². The second-order valence-electron chi connectivity index (χ2n) is 5.75. The zero-order chi connectivity index (χ0) is 13.8. The van der Waals surface area contributed by atoms with E-state index in [1.807, 2.05) is 6.92 Å². The summed E-state index contributed by atoms with van der Waals surface area (Å²) in [6.07, 6.45) is 4.80. The van der Waals surface area contributed by atoms with E-state index in [1.54, 1.807) is 4.90 Å². The van der Waals surface area contributed by atoms with Crippen LogP contribution in [0.4, 0.5) is 0 Å². The molecule has 0 aromatic rings. The fraction of sp³-hybridized carbons (Fsp3) is 0.857.